The molecule has 0 unspecified atom stereocenters. The van der Waals surface area contributed by atoms with Gasteiger partial charge >= 0.3 is 0 Å². The van der Waals surface area contributed by atoms with Crippen LogP contribution < -0.4 is 5.56 Å². The first-order valence-electron chi connectivity index (χ1n) is 4.15. The molecular formula is C9H9N3OS. The Morgan fingerprint density at radius 3 is 3.21 bits per heavy atom. The standard InChI is InChI=1S/C9H9N3OS/c13-9-8-4-7(2-1-3-14)5-12(8)11-6-10-9/h1-2,4-6,14H,3H2,(H,10,11,13). The lowest BCUT2D eigenvalue weighted by Crippen LogP contribution is -2.09. The molecule has 2 rings (SSSR count). The van der Waals surface area contributed by atoms with E-state index in [-0.39, 0.29) is 5.56 Å². The molecule has 0 aliphatic heterocycles. The average Bonchev–Trinajstić information content (AvgIpc) is 2.59. The van der Waals surface area contributed by atoms with Gasteiger partial charge in [-0.15, -0.1) is 0 Å². The number of thiol groups is 1. The summed E-state index contributed by atoms with van der Waals surface area (Å²) < 4.78 is 1.55. The van der Waals surface area contributed by atoms with Crippen molar-refractivity contribution in [2.24, 2.45) is 0 Å². The highest BCUT2D eigenvalue weighted by Crippen LogP contribution is 2.05. The zero-order valence-corrected chi connectivity index (χ0v) is 8.24. The number of aromatic nitrogens is 3. The third-order valence-corrected chi connectivity index (χ3v) is 2.06. The summed E-state index contributed by atoms with van der Waals surface area (Å²) in [5.74, 6) is 0.677. The zero-order chi connectivity index (χ0) is 9.97. The molecule has 4 nitrogen and oxygen atoms in total. The van der Waals surface area contributed by atoms with Crippen molar-refractivity contribution in [3.8, 4) is 0 Å². The minimum Gasteiger partial charge on any atom is -0.310 e. The first-order valence-corrected chi connectivity index (χ1v) is 4.78. The van der Waals surface area contributed by atoms with Crippen LogP contribution in [0.4, 0.5) is 0 Å². The number of aromatic amines is 1. The number of nitrogens with one attached hydrogen (secondary N) is 1. The Morgan fingerprint density at radius 1 is 1.64 bits per heavy atom. The van der Waals surface area contributed by atoms with Crippen LogP contribution in [0.25, 0.3) is 11.6 Å². The van der Waals surface area contributed by atoms with Gasteiger partial charge < -0.3 is 4.98 Å². The molecule has 14 heavy (non-hydrogen) atoms. The van der Waals surface area contributed by atoms with Crippen LogP contribution in [0.2, 0.25) is 0 Å². The van der Waals surface area contributed by atoms with E-state index in [1.165, 1.54) is 6.33 Å². The van der Waals surface area contributed by atoms with Crippen molar-refractivity contribution < 1.29 is 0 Å². The molecule has 0 fully saturated rings. The van der Waals surface area contributed by atoms with Gasteiger partial charge in [0.2, 0.25) is 0 Å². The Balaban J connectivity index is 2.57. The van der Waals surface area contributed by atoms with E-state index in [9.17, 15) is 4.79 Å². The van der Waals surface area contributed by atoms with E-state index in [0.717, 1.165) is 5.56 Å². The topological polar surface area (TPSA) is 50.2 Å². The molecule has 2 aromatic rings. The molecule has 0 bridgehead atoms. The van der Waals surface area contributed by atoms with Crippen molar-refractivity contribution in [2.75, 3.05) is 5.75 Å². The van der Waals surface area contributed by atoms with Gasteiger partial charge in [-0.1, -0.05) is 12.2 Å². The third-order valence-electron chi connectivity index (χ3n) is 1.85. The lowest BCUT2D eigenvalue weighted by Gasteiger charge is -1.87. The summed E-state index contributed by atoms with van der Waals surface area (Å²) in [6.07, 6.45) is 6.99. The van der Waals surface area contributed by atoms with Crippen LogP contribution in [0, 0.1) is 0 Å². The van der Waals surface area contributed by atoms with Crippen LogP contribution in [-0.4, -0.2) is 20.4 Å². The van der Waals surface area contributed by atoms with Gasteiger partial charge in [-0.2, -0.15) is 17.7 Å². The van der Waals surface area contributed by atoms with Crippen molar-refractivity contribution in [2.45, 2.75) is 0 Å². The number of hydrogen-bond donors (Lipinski definition) is 2. The molecule has 0 amide bonds. The quantitative estimate of drug-likeness (QED) is 0.721. The number of rotatable bonds is 2. The number of hydrogen-bond acceptors (Lipinski definition) is 3. The molecule has 1 N–H and O–H groups in total. The zero-order valence-electron chi connectivity index (χ0n) is 7.34. The highest BCUT2D eigenvalue weighted by atomic mass is 32.1. The summed E-state index contributed by atoms with van der Waals surface area (Å²) in [6.45, 7) is 0. The molecule has 0 radical (unpaired) electrons. The van der Waals surface area contributed by atoms with Crippen LogP contribution in [0.1, 0.15) is 5.56 Å². The van der Waals surface area contributed by atoms with Crippen molar-refractivity contribution >= 4 is 24.2 Å². The van der Waals surface area contributed by atoms with Crippen molar-refractivity contribution in [3.63, 3.8) is 0 Å². The van der Waals surface area contributed by atoms with E-state index in [0.29, 0.717) is 11.3 Å². The molecular weight excluding hydrogens is 198 g/mol. The largest absolute Gasteiger partial charge is 0.310 e. The van der Waals surface area contributed by atoms with E-state index in [2.05, 4.69) is 22.7 Å². The first-order chi connectivity index (χ1) is 6.81. The smallest absolute Gasteiger partial charge is 0.275 e. The molecule has 5 heteroatoms. The number of nitrogens with zero attached hydrogens (tertiary/aromatic N) is 2. The van der Waals surface area contributed by atoms with E-state index in [4.69, 9.17) is 0 Å². The Labute approximate surface area is 85.7 Å². The van der Waals surface area contributed by atoms with E-state index in [1.807, 2.05) is 12.2 Å². The van der Waals surface area contributed by atoms with Gasteiger partial charge in [0.1, 0.15) is 11.8 Å². The summed E-state index contributed by atoms with van der Waals surface area (Å²) >= 11 is 4.06. The summed E-state index contributed by atoms with van der Waals surface area (Å²) in [6, 6.07) is 1.78. The molecule has 0 aliphatic rings. The number of fused-ring (bicyclic) bond motifs is 1. The van der Waals surface area contributed by atoms with Gasteiger partial charge in [0, 0.05) is 11.9 Å². The van der Waals surface area contributed by atoms with E-state index in [1.54, 1.807) is 16.8 Å². The van der Waals surface area contributed by atoms with Crippen molar-refractivity contribution in [1.82, 2.24) is 14.6 Å². The fourth-order valence-corrected chi connectivity index (χ4v) is 1.35. The number of H-pyrrole nitrogens is 1. The molecule has 0 aliphatic carbocycles. The molecule has 0 atom stereocenters. The first kappa shape index (κ1) is 9.08. The second-order valence-electron chi connectivity index (χ2n) is 2.81. The highest BCUT2D eigenvalue weighted by Gasteiger charge is 2.00. The van der Waals surface area contributed by atoms with Gasteiger partial charge in [0.25, 0.3) is 5.56 Å². The fourth-order valence-electron chi connectivity index (χ4n) is 1.24. The lowest BCUT2D eigenvalue weighted by atomic mass is 10.3. The van der Waals surface area contributed by atoms with Crippen LogP contribution in [-0.2, 0) is 0 Å². The molecule has 2 heterocycles. The minimum atomic E-state index is -0.134. The Hall–Kier alpha value is -1.49. The monoisotopic (exact) mass is 207 g/mol. The Morgan fingerprint density at radius 2 is 2.50 bits per heavy atom. The van der Waals surface area contributed by atoms with Crippen molar-refractivity contribution in [3.05, 3.63) is 40.6 Å². The summed E-state index contributed by atoms with van der Waals surface area (Å²) in [4.78, 5) is 13.8. The van der Waals surface area contributed by atoms with E-state index < -0.39 is 0 Å². The fraction of sp³-hybridized carbons (Fsp3) is 0.111. The van der Waals surface area contributed by atoms with Gasteiger partial charge in [0.05, 0.1) is 0 Å². The van der Waals surface area contributed by atoms with Crippen molar-refractivity contribution in [1.29, 1.82) is 0 Å². The average molecular weight is 207 g/mol. The Bertz CT molecular complexity index is 526. The summed E-state index contributed by atoms with van der Waals surface area (Å²) in [5.41, 5.74) is 1.36. The van der Waals surface area contributed by atoms with Crippen LogP contribution in [0.15, 0.2) is 29.5 Å². The summed E-state index contributed by atoms with van der Waals surface area (Å²) in [7, 11) is 0. The molecule has 0 aromatic carbocycles. The van der Waals surface area contributed by atoms with Crippen LogP contribution in [0.3, 0.4) is 0 Å². The van der Waals surface area contributed by atoms with Crippen LogP contribution in [0.5, 0.6) is 0 Å². The highest BCUT2D eigenvalue weighted by molar-refractivity contribution is 7.80. The lowest BCUT2D eigenvalue weighted by molar-refractivity contribution is 0.888. The van der Waals surface area contributed by atoms with Gasteiger partial charge in [0.15, 0.2) is 0 Å². The summed E-state index contributed by atoms with van der Waals surface area (Å²) in [5, 5.41) is 3.98. The molecule has 0 spiro atoms. The second-order valence-corrected chi connectivity index (χ2v) is 3.17. The predicted octanol–water partition coefficient (Wildman–Crippen LogP) is 0.966. The Kier molecular flexibility index (Phi) is 2.41. The maximum Gasteiger partial charge on any atom is 0.275 e. The SMILES string of the molecule is O=c1[nH]cnn2cc(C=CCS)cc12. The van der Waals surface area contributed by atoms with Gasteiger partial charge in [-0.25, -0.2) is 4.52 Å². The van der Waals surface area contributed by atoms with Gasteiger partial charge in [-0.3, -0.25) is 4.79 Å². The molecule has 2 aromatic heterocycles. The normalized spacial score (nSPS) is 11.5. The maximum absolute atomic E-state index is 11.3. The minimum absolute atomic E-state index is 0.134. The third kappa shape index (κ3) is 1.58. The predicted molar refractivity (Wildman–Crippen MR) is 58.7 cm³/mol. The molecule has 72 valence electrons. The second kappa shape index (κ2) is 3.71. The molecule has 0 saturated heterocycles. The van der Waals surface area contributed by atoms with E-state index >= 15 is 0 Å². The molecule has 0 saturated carbocycles. The van der Waals surface area contributed by atoms with Gasteiger partial charge in [-0.05, 0) is 11.6 Å². The van der Waals surface area contributed by atoms with Crippen LogP contribution >= 0.6 is 12.6 Å². The maximum atomic E-state index is 11.3.